The zero-order valence-corrected chi connectivity index (χ0v) is 15.2. The first kappa shape index (κ1) is 16.8. The number of hydrogen-bond acceptors (Lipinski definition) is 2. The summed E-state index contributed by atoms with van der Waals surface area (Å²) in [5.41, 5.74) is 6.21. The summed E-state index contributed by atoms with van der Waals surface area (Å²) < 4.78 is 2.34. The second-order valence-electron chi connectivity index (χ2n) is 7.20. The van der Waals surface area contributed by atoms with Crippen molar-refractivity contribution < 1.29 is 10.2 Å². The van der Waals surface area contributed by atoms with E-state index >= 15 is 0 Å². The third-order valence-electron chi connectivity index (χ3n) is 5.23. The minimum atomic E-state index is 0.104. The molecule has 1 aliphatic carbocycles. The molecular formula is C23H25NO2. The van der Waals surface area contributed by atoms with Crippen LogP contribution in [0, 0.1) is 0 Å². The highest BCUT2D eigenvalue weighted by molar-refractivity contribution is 5.92. The largest absolute Gasteiger partial charge is 0.508 e. The zero-order valence-electron chi connectivity index (χ0n) is 15.2. The molecule has 0 aliphatic heterocycles. The van der Waals surface area contributed by atoms with Crippen molar-refractivity contribution in [2.75, 3.05) is 0 Å². The van der Waals surface area contributed by atoms with E-state index in [4.69, 9.17) is 0 Å². The van der Waals surface area contributed by atoms with Crippen LogP contribution >= 0.6 is 0 Å². The zero-order chi connectivity index (χ0) is 18.1. The number of rotatable bonds is 5. The Bertz CT molecular complexity index is 961. The number of unbranched alkanes of at least 4 members (excludes halogenated alkanes) is 1. The lowest BCUT2D eigenvalue weighted by atomic mass is 10.00. The highest BCUT2D eigenvalue weighted by Gasteiger charge is 2.18. The predicted molar refractivity (Wildman–Crippen MR) is 107 cm³/mol. The van der Waals surface area contributed by atoms with Gasteiger partial charge in [0.15, 0.2) is 0 Å². The van der Waals surface area contributed by atoms with Gasteiger partial charge in [-0.1, -0.05) is 31.6 Å². The number of phenols is 2. The van der Waals surface area contributed by atoms with Crippen molar-refractivity contribution in [3.05, 3.63) is 64.9 Å². The van der Waals surface area contributed by atoms with E-state index < -0.39 is 0 Å². The summed E-state index contributed by atoms with van der Waals surface area (Å²) in [5.74, 6) is 0.208. The predicted octanol–water partition coefficient (Wildman–Crippen LogP) is 5.40. The Morgan fingerprint density at radius 1 is 1.00 bits per heavy atom. The van der Waals surface area contributed by atoms with Crippen molar-refractivity contribution in [1.82, 2.24) is 4.57 Å². The highest BCUT2D eigenvalue weighted by Crippen LogP contribution is 2.33. The molecule has 0 fully saturated rings. The molecule has 1 heterocycles. The lowest BCUT2D eigenvalue weighted by molar-refractivity contribution is 0.449. The maximum atomic E-state index is 9.81. The number of aryl methyl sites for hydroxylation is 1. The van der Waals surface area contributed by atoms with Gasteiger partial charge in [0.25, 0.3) is 0 Å². The van der Waals surface area contributed by atoms with Gasteiger partial charge < -0.3 is 14.8 Å². The molecular weight excluding hydrogens is 322 g/mol. The van der Waals surface area contributed by atoms with Gasteiger partial charge in [0.1, 0.15) is 11.5 Å². The number of fused-ring (bicyclic) bond motifs is 3. The van der Waals surface area contributed by atoms with Crippen molar-refractivity contribution >= 4 is 17.0 Å². The normalized spacial score (nSPS) is 13.3. The first-order chi connectivity index (χ1) is 12.7. The maximum absolute atomic E-state index is 9.81. The summed E-state index contributed by atoms with van der Waals surface area (Å²) in [6.45, 7) is 2.88. The summed E-state index contributed by atoms with van der Waals surface area (Å²) in [6, 6.07) is 11.6. The van der Waals surface area contributed by atoms with Crippen LogP contribution in [-0.2, 0) is 19.4 Å². The molecule has 134 valence electrons. The number of benzene rings is 2. The van der Waals surface area contributed by atoms with Gasteiger partial charge in [-0.25, -0.2) is 0 Å². The Kier molecular flexibility index (Phi) is 4.46. The minimum absolute atomic E-state index is 0.104. The first-order valence-corrected chi connectivity index (χ1v) is 9.48. The van der Waals surface area contributed by atoms with E-state index in [1.54, 1.807) is 12.1 Å². The molecule has 0 unspecified atom stereocenters. The van der Waals surface area contributed by atoms with Crippen molar-refractivity contribution in [3.63, 3.8) is 0 Å². The average molecular weight is 347 g/mol. The molecule has 0 saturated carbocycles. The van der Waals surface area contributed by atoms with E-state index in [0.29, 0.717) is 6.54 Å². The van der Waals surface area contributed by atoms with E-state index in [0.717, 1.165) is 24.8 Å². The van der Waals surface area contributed by atoms with Crippen LogP contribution in [-0.4, -0.2) is 14.8 Å². The second kappa shape index (κ2) is 6.91. The SMILES string of the molecule is CCCCc1ccc2c(c1)c1c(n2Cc2cc(O)cc(O)c2)CCC=C1. The van der Waals surface area contributed by atoms with Gasteiger partial charge in [0, 0.05) is 34.8 Å². The van der Waals surface area contributed by atoms with E-state index in [1.165, 1.54) is 46.6 Å². The molecule has 3 nitrogen and oxygen atoms in total. The molecule has 1 aromatic heterocycles. The molecule has 2 N–H and O–H groups in total. The van der Waals surface area contributed by atoms with Crippen LogP contribution in [0.25, 0.3) is 17.0 Å². The molecule has 0 spiro atoms. The second-order valence-corrected chi connectivity index (χ2v) is 7.20. The Morgan fingerprint density at radius 3 is 2.58 bits per heavy atom. The molecule has 0 amide bonds. The van der Waals surface area contributed by atoms with Crippen molar-refractivity contribution in [2.45, 2.75) is 45.6 Å². The van der Waals surface area contributed by atoms with Crippen molar-refractivity contribution in [2.24, 2.45) is 0 Å². The Balaban J connectivity index is 1.82. The maximum Gasteiger partial charge on any atom is 0.119 e. The van der Waals surface area contributed by atoms with Gasteiger partial charge in [0.05, 0.1) is 0 Å². The Hall–Kier alpha value is -2.68. The van der Waals surface area contributed by atoms with Crippen LogP contribution in [0.4, 0.5) is 0 Å². The van der Waals surface area contributed by atoms with E-state index in [2.05, 4.69) is 41.8 Å². The number of aromatic nitrogens is 1. The van der Waals surface area contributed by atoms with E-state index in [1.807, 2.05) is 0 Å². The van der Waals surface area contributed by atoms with Gasteiger partial charge in [-0.15, -0.1) is 0 Å². The fraction of sp³-hybridized carbons (Fsp3) is 0.304. The third-order valence-corrected chi connectivity index (χ3v) is 5.23. The molecule has 3 heteroatoms. The average Bonchev–Trinajstić information content (AvgIpc) is 2.93. The molecule has 0 atom stereocenters. The first-order valence-electron chi connectivity index (χ1n) is 9.48. The quantitative estimate of drug-likeness (QED) is 0.649. The van der Waals surface area contributed by atoms with Crippen molar-refractivity contribution in [3.8, 4) is 11.5 Å². The third kappa shape index (κ3) is 3.10. The fourth-order valence-electron chi connectivity index (χ4n) is 4.00. The Morgan fingerprint density at radius 2 is 1.81 bits per heavy atom. The number of phenolic OH excluding ortho intramolecular Hbond substituents is 2. The fourth-order valence-corrected chi connectivity index (χ4v) is 4.00. The monoisotopic (exact) mass is 347 g/mol. The van der Waals surface area contributed by atoms with Crippen LogP contribution in [0.5, 0.6) is 11.5 Å². The van der Waals surface area contributed by atoms with Gasteiger partial charge in [-0.3, -0.25) is 0 Å². The molecule has 2 aromatic carbocycles. The number of allylic oxidation sites excluding steroid dienone is 1. The molecule has 4 rings (SSSR count). The standard InChI is InChI=1S/C23H25NO2/c1-2-3-6-16-9-10-23-21(13-16)20-7-4-5-8-22(20)24(23)15-17-11-18(25)14-19(26)12-17/h4,7,9-14,25-26H,2-3,5-6,8,15H2,1H3. The molecule has 0 bridgehead atoms. The molecule has 0 radical (unpaired) electrons. The van der Waals surface area contributed by atoms with Gasteiger partial charge in [-0.2, -0.15) is 0 Å². The van der Waals surface area contributed by atoms with Gasteiger partial charge in [0.2, 0.25) is 0 Å². The summed E-state index contributed by atoms with van der Waals surface area (Å²) >= 11 is 0. The van der Waals surface area contributed by atoms with Crippen molar-refractivity contribution in [1.29, 1.82) is 0 Å². The van der Waals surface area contributed by atoms with Crippen LogP contribution in [0.3, 0.4) is 0 Å². The molecule has 1 aliphatic rings. The topological polar surface area (TPSA) is 45.4 Å². The van der Waals surface area contributed by atoms with Crippen LogP contribution in [0.15, 0.2) is 42.5 Å². The lowest BCUT2D eigenvalue weighted by Gasteiger charge is -2.13. The van der Waals surface area contributed by atoms with Gasteiger partial charge >= 0.3 is 0 Å². The molecule has 3 aromatic rings. The van der Waals surface area contributed by atoms with E-state index in [-0.39, 0.29) is 11.5 Å². The number of aromatic hydroxyl groups is 2. The summed E-state index contributed by atoms with van der Waals surface area (Å²) in [7, 11) is 0. The number of hydrogen-bond donors (Lipinski definition) is 2. The smallest absolute Gasteiger partial charge is 0.119 e. The van der Waals surface area contributed by atoms with Gasteiger partial charge in [-0.05, 0) is 61.1 Å². The Labute approximate surface area is 154 Å². The summed E-state index contributed by atoms with van der Waals surface area (Å²) in [4.78, 5) is 0. The summed E-state index contributed by atoms with van der Waals surface area (Å²) in [5, 5.41) is 20.9. The molecule has 26 heavy (non-hydrogen) atoms. The molecule has 0 saturated heterocycles. The van der Waals surface area contributed by atoms with Crippen LogP contribution < -0.4 is 0 Å². The van der Waals surface area contributed by atoms with Crippen LogP contribution in [0.1, 0.15) is 48.6 Å². The number of nitrogens with zero attached hydrogens (tertiary/aromatic N) is 1. The highest BCUT2D eigenvalue weighted by atomic mass is 16.3. The van der Waals surface area contributed by atoms with Crippen LogP contribution in [0.2, 0.25) is 0 Å². The summed E-state index contributed by atoms with van der Waals surface area (Å²) in [6.07, 6.45) is 10.1. The van der Waals surface area contributed by atoms with E-state index in [9.17, 15) is 10.2 Å². The lowest BCUT2D eigenvalue weighted by Crippen LogP contribution is -2.06. The minimum Gasteiger partial charge on any atom is -0.508 e.